The van der Waals surface area contributed by atoms with E-state index in [9.17, 15) is 9.59 Å². The smallest absolute Gasteiger partial charge is 0.338 e. The van der Waals surface area contributed by atoms with E-state index in [1.54, 1.807) is 23.1 Å². The average molecular weight is 471 g/mol. The van der Waals surface area contributed by atoms with Crippen molar-refractivity contribution in [1.82, 2.24) is 25.4 Å². The summed E-state index contributed by atoms with van der Waals surface area (Å²) in [6, 6.07) is 7.42. The molecule has 178 valence electrons. The Morgan fingerprint density at radius 2 is 2.14 bits per heavy atom. The number of fused-ring (bicyclic) bond motifs is 1. The molecule has 1 fully saturated rings. The number of rotatable bonds is 8. The van der Waals surface area contributed by atoms with Crippen LogP contribution in [0.1, 0.15) is 62.6 Å². The number of carbonyl (C=O) groups excluding carboxylic acids is 2. The highest BCUT2D eigenvalue weighted by Crippen LogP contribution is 2.32. The maximum Gasteiger partial charge on any atom is 0.338 e. The van der Waals surface area contributed by atoms with Crippen molar-refractivity contribution in [3.63, 3.8) is 0 Å². The van der Waals surface area contributed by atoms with Gasteiger partial charge in [0.05, 0.1) is 23.4 Å². The van der Waals surface area contributed by atoms with Crippen molar-refractivity contribution in [2.75, 3.05) is 6.54 Å². The van der Waals surface area contributed by atoms with Crippen LogP contribution >= 0.6 is 0 Å². The number of nitrogens with one attached hydrogen (secondary N) is 2. The third-order valence-corrected chi connectivity index (χ3v) is 6.61. The third-order valence-electron chi connectivity index (χ3n) is 6.61. The lowest BCUT2D eigenvalue weighted by Crippen LogP contribution is -2.36. The van der Waals surface area contributed by atoms with Crippen molar-refractivity contribution in [3.05, 3.63) is 75.7 Å². The van der Waals surface area contributed by atoms with Crippen LogP contribution in [0.3, 0.4) is 0 Å². The van der Waals surface area contributed by atoms with Crippen LogP contribution in [0.5, 0.6) is 0 Å². The molecular weight excluding hydrogens is 444 g/mol. The van der Waals surface area contributed by atoms with Gasteiger partial charge in [0, 0.05) is 42.5 Å². The highest BCUT2D eigenvalue weighted by molar-refractivity contribution is 5.94. The number of cyclic esters (lactones) is 1. The zero-order valence-corrected chi connectivity index (χ0v) is 19.7. The number of amides is 1. The number of carbonyl (C=O) groups is 2. The standard InChI is InChI=1S/C26H26N6O3/c1-15-7-24(29-11-19(15)8-27)32-13-17(10-30-32)9-28-12-23(31-25(33)18-3-4-18)20-5-6-21-22(16(20)2)14-35-26(21)34/h5-7,10-11,13,18,23,28H,3-4,9,12,14H2,1-2H3,(H,31,33)/t23-/m0/s1. The second kappa shape index (κ2) is 9.31. The number of ether oxygens (including phenoxy) is 1. The fraction of sp³-hybridized carbons (Fsp3) is 0.346. The molecule has 3 aromatic rings. The zero-order chi connectivity index (χ0) is 24.5. The number of pyridine rings is 1. The maximum absolute atomic E-state index is 12.6. The first-order chi connectivity index (χ1) is 16.9. The van der Waals surface area contributed by atoms with E-state index in [0.29, 0.717) is 30.0 Å². The number of benzene rings is 1. The van der Waals surface area contributed by atoms with Crippen LogP contribution in [-0.4, -0.2) is 33.2 Å². The van der Waals surface area contributed by atoms with Crippen molar-refractivity contribution in [2.24, 2.45) is 5.92 Å². The number of hydrogen-bond donors (Lipinski definition) is 2. The van der Waals surface area contributed by atoms with E-state index in [1.165, 1.54) is 0 Å². The Hall–Kier alpha value is -4.03. The SMILES string of the molecule is Cc1cc(-n2cc(CNC[C@H](NC(=O)C3CC3)c3ccc4c(c3C)COC4=O)cn2)ncc1C#N. The summed E-state index contributed by atoms with van der Waals surface area (Å²) in [7, 11) is 0. The van der Waals surface area contributed by atoms with Crippen LogP contribution in [0, 0.1) is 31.1 Å². The van der Waals surface area contributed by atoms with Gasteiger partial charge >= 0.3 is 5.97 Å². The summed E-state index contributed by atoms with van der Waals surface area (Å²) in [5.74, 6) is 0.515. The Morgan fingerprint density at radius 1 is 1.31 bits per heavy atom. The molecule has 3 heterocycles. The molecule has 9 nitrogen and oxygen atoms in total. The van der Waals surface area contributed by atoms with Crippen molar-refractivity contribution < 1.29 is 14.3 Å². The van der Waals surface area contributed by atoms with Gasteiger partial charge in [-0.3, -0.25) is 4.79 Å². The molecule has 0 bridgehead atoms. The number of nitriles is 1. The lowest BCUT2D eigenvalue weighted by atomic mass is 9.94. The fourth-order valence-corrected chi connectivity index (χ4v) is 4.34. The van der Waals surface area contributed by atoms with E-state index < -0.39 is 0 Å². The number of aromatic nitrogens is 3. The van der Waals surface area contributed by atoms with E-state index in [4.69, 9.17) is 10.00 Å². The molecule has 0 unspecified atom stereocenters. The molecule has 1 aromatic carbocycles. The van der Waals surface area contributed by atoms with Crippen LogP contribution in [-0.2, 0) is 22.7 Å². The first-order valence-corrected chi connectivity index (χ1v) is 11.7. The molecule has 1 aliphatic carbocycles. The Bertz CT molecular complexity index is 1350. The molecule has 9 heteroatoms. The molecule has 2 aromatic heterocycles. The van der Waals surface area contributed by atoms with Crippen LogP contribution in [0.4, 0.5) is 0 Å². The summed E-state index contributed by atoms with van der Waals surface area (Å²) in [5, 5.41) is 20.1. The molecule has 35 heavy (non-hydrogen) atoms. The van der Waals surface area contributed by atoms with Crippen molar-refractivity contribution in [2.45, 2.75) is 45.9 Å². The summed E-state index contributed by atoms with van der Waals surface area (Å²) < 4.78 is 6.87. The summed E-state index contributed by atoms with van der Waals surface area (Å²) in [5.41, 5.74) is 5.81. The lowest BCUT2D eigenvalue weighted by Gasteiger charge is -2.22. The summed E-state index contributed by atoms with van der Waals surface area (Å²) >= 11 is 0. The summed E-state index contributed by atoms with van der Waals surface area (Å²) in [4.78, 5) is 28.8. The summed E-state index contributed by atoms with van der Waals surface area (Å²) in [6.45, 7) is 5.19. The molecular formula is C26H26N6O3. The normalized spacial score (nSPS) is 15.3. The van der Waals surface area contributed by atoms with Crippen molar-refractivity contribution in [3.8, 4) is 11.9 Å². The second-order valence-corrected chi connectivity index (χ2v) is 9.11. The van der Waals surface area contributed by atoms with Crippen molar-refractivity contribution in [1.29, 1.82) is 5.26 Å². The van der Waals surface area contributed by atoms with Gasteiger partial charge in [0.25, 0.3) is 0 Å². The number of esters is 1. The average Bonchev–Trinajstić information content (AvgIpc) is 3.49. The summed E-state index contributed by atoms with van der Waals surface area (Å²) in [6.07, 6.45) is 7.07. The van der Waals surface area contributed by atoms with E-state index in [1.807, 2.05) is 32.2 Å². The van der Waals surface area contributed by atoms with Crippen LogP contribution in [0.25, 0.3) is 5.82 Å². The lowest BCUT2D eigenvalue weighted by molar-refractivity contribution is -0.123. The predicted octanol–water partition coefficient (Wildman–Crippen LogP) is 2.78. The van der Waals surface area contributed by atoms with Gasteiger partial charge in [-0.05, 0) is 55.5 Å². The fourth-order valence-electron chi connectivity index (χ4n) is 4.34. The zero-order valence-electron chi connectivity index (χ0n) is 19.7. The largest absolute Gasteiger partial charge is 0.457 e. The van der Waals surface area contributed by atoms with Crippen LogP contribution in [0.15, 0.2) is 36.8 Å². The van der Waals surface area contributed by atoms with E-state index in [0.717, 1.165) is 40.7 Å². The molecule has 5 rings (SSSR count). The highest BCUT2D eigenvalue weighted by Gasteiger charge is 2.32. The monoisotopic (exact) mass is 470 g/mol. The van der Waals surface area contributed by atoms with Gasteiger partial charge in [-0.2, -0.15) is 10.4 Å². The third kappa shape index (κ3) is 4.66. The molecule has 0 radical (unpaired) electrons. The molecule has 2 N–H and O–H groups in total. The number of aryl methyl sites for hydroxylation is 1. The minimum atomic E-state index is -0.296. The van der Waals surface area contributed by atoms with E-state index in [-0.39, 0.29) is 30.4 Å². The number of nitrogens with zero attached hydrogens (tertiary/aromatic N) is 4. The van der Waals surface area contributed by atoms with Crippen molar-refractivity contribution >= 4 is 11.9 Å². The Morgan fingerprint density at radius 3 is 2.89 bits per heavy atom. The van der Waals surface area contributed by atoms with Gasteiger partial charge in [0.2, 0.25) is 5.91 Å². The molecule has 1 atom stereocenters. The molecule has 1 aliphatic heterocycles. The van der Waals surface area contributed by atoms with E-state index >= 15 is 0 Å². The molecule has 1 saturated carbocycles. The van der Waals surface area contributed by atoms with Gasteiger partial charge in [0.15, 0.2) is 5.82 Å². The van der Waals surface area contributed by atoms with Gasteiger partial charge in [-0.15, -0.1) is 0 Å². The van der Waals surface area contributed by atoms with E-state index in [2.05, 4.69) is 26.8 Å². The molecule has 2 aliphatic rings. The Balaban J connectivity index is 1.29. The molecule has 1 amide bonds. The predicted molar refractivity (Wildman–Crippen MR) is 126 cm³/mol. The minimum absolute atomic E-state index is 0.0686. The van der Waals surface area contributed by atoms with Gasteiger partial charge in [-0.25, -0.2) is 14.5 Å². The first kappa shape index (κ1) is 22.7. The first-order valence-electron chi connectivity index (χ1n) is 11.7. The van der Waals surface area contributed by atoms with Crippen LogP contribution < -0.4 is 10.6 Å². The molecule has 0 saturated heterocycles. The second-order valence-electron chi connectivity index (χ2n) is 9.11. The quantitative estimate of drug-likeness (QED) is 0.486. The number of hydrogen-bond acceptors (Lipinski definition) is 7. The Labute approximate surface area is 203 Å². The van der Waals surface area contributed by atoms with Gasteiger partial charge in [0.1, 0.15) is 12.7 Å². The maximum atomic E-state index is 12.6. The Kier molecular flexibility index (Phi) is 6.05. The van der Waals surface area contributed by atoms with Gasteiger partial charge in [-0.1, -0.05) is 6.07 Å². The van der Waals surface area contributed by atoms with Gasteiger partial charge < -0.3 is 15.4 Å². The van der Waals surface area contributed by atoms with Crippen LogP contribution in [0.2, 0.25) is 0 Å². The highest BCUT2D eigenvalue weighted by atomic mass is 16.5. The minimum Gasteiger partial charge on any atom is -0.457 e. The molecule has 0 spiro atoms. The topological polar surface area (TPSA) is 122 Å².